The zero-order chi connectivity index (χ0) is 16.5. The lowest BCUT2D eigenvalue weighted by Gasteiger charge is -2.16. The zero-order valence-corrected chi connectivity index (χ0v) is 12.2. The van der Waals surface area contributed by atoms with Crippen molar-refractivity contribution >= 4 is 5.97 Å². The summed E-state index contributed by atoms with van der Waals surface area (Å²) in [6.07, 6.45) is 3.20. The van der Waals surface area contributed by atoms with Crippen LogP contribution in [0.2, 0.25) is 0 Å². The van der Waals surface area contributed by atoms with Gasteiger partial charge in [0.1, 0.15) is 5.69 Å². The monoisotopic (exact) mass is 307 g/mol. The van der Waals surface area contributed by atoms with E-state index in [0.29, 0.717) is 12.3 Å². The van der Waals surface area contributed by atoms with Crippen LogP contribution in [0.3, 0.4) is 0 Å². The van der Waals surface area contributed by atoms with Gasteiger partial charge in [-0.3, -0.25) is 0 Å². The van der Waals surface area contributed by atoms with Gasteiger partial charge in [0.25, 0.3) is 5.09 Å². The third-order valence-corrected chi connectivity index (χ3v) is 2.85. The van der Waals surface area contributed by atoms with Crippen LogP contribution in [-0.2, 0) is 4.74 Å². The Morgan fingerprint density at radius 2 is 2.05 bits per heavy atom. The molecule has 2 rings (SSSR count). The first-order valence-corrected chi connectivity index (χ1v) is 6.54. The lowest BCUT2D eigenvalue weighted by molar-refractivity contribution is -0.742. The van der Waals surface area contributed by atoms with Gasteiger partial charge in [-0.15, -0.1) is 10.1 Å². The molecule has 118 valence electrons. The van der Waals surface area contributed by atoms with E-state index in [4.69, 9.17) is 20.1 Å². The van der Waals surface area contributed by atoms with Crippen LogP contribution in [0.1, 0.15) is 35.9 Å². The van der Waals surface area contributed by atoms with Crippen molar-refractivity contribution in [3.8, 4) is 0 Å². The Bertz CT molecular complexity index is 608. The summed E-state index contributed by atoms with van der Waals surface area (Å²) in [6, 6.07) is 10.0. The Morgan fingerprint density at radius 3 is 2.59 bits per heavy atom. The van der Waals surface area contributed by atoms with E-state index in [9.17, 15) is 4.79 Å². The van der Waals surface area contributed by atoms with Gasteiger partial charge >= 0.3 is 5.97 Å². The maximum absolute atomic E-state index is 11.8. The number of rotatable bonds is 4. The Morgan fingerprint density at radius 1 is 1.45 bits per heavy atom. The first kappa shape index (κ1) is 17.2. The molecule has 0 saturated carbocycles. The van der Waals surface area contributed by atoms with Crippen molar-refractivity contribution in [2.24, 2.45) is 0 Å². The number of imidazole rings is 1. The molecule has 1 aromatic carbocycles. The van der Waals surface area contributed by atoms with Gasteiger partial charge in [0, 0.05) is 0 Å². The predicted octanol–water partition coefficient (Wildman–Crippen LogP) is 2.32. The summed E-state index contributed by atoms with van der Waals surface area (Å²) < 4.78 is 6.84. The molecule has 2 aromatic rings. The Balaban J connectivity index is 0.000000541. The minimum Gasteiger partial charge on any atom is -0.461 e. The fraction of sp³-hybridized carbons (Fsp3) is 0.286. The van der Waals surface area contributed by atoms with Crippen molar-refractivity contribution < 1.29 is 19.8 Å². The first-order chi connectivity index (χ1) is 10.5. The fourth-order valence-corrected chi connectivity index (χ4v) is 1.87. The van der Waals surface area contributed by atoms with Gasteiger partial charge in [-0.2, -0.15) is 0 Å². The summed E-state index contributed by atoms with van der Waals surface area (Å²) in [5.74, 6) is -0.335. The molecule has 0 aliphatic rings. The largest absolute Gasteiger partial charge is 0.461 e. The van der Waals surface area contributed by atoms with E-state index < -0.39 is 5.09 Å². The molecule has 0 aliphatic heterocycles. The van der Waals surface area contributed by atoms with Crippen LogP contribution >= 0.6 is 0 Å². The highest BCUT2D eigenvalue weighted by molar-refractivity contribution is 5.87. The Labute approximate surface area is 127 Å². The molecular weight excluding hydrogens is 290 g/mol. The molecule has 0 spiro atoms. The minimum absolute atomic E-state index is 0.0492. The summed E-state index contributed by atoms with van der Waals surface area (Å²) in [5, 5.41) is 13.6. The van der Waals surface area contributed by atoms with E-state index in [1.807, 2.05) is 41.8 Å². The molecule has 0 fully saturated rings. The highest BCUT2D eigenvalue weighted by Gasteiger charge is 2.17. The smallest absolute Gasteiger partial charge is 0.356 e. The van der Waals surface area contributed by atoms with Crippen molar-refractivity contribution in [2.45, 2.75) is 19.9 Å². The predicted molar refractivity (Wildman–Crippen MR) is 77.2 cm³/mol. The minimum atomic E-state index is -1.50. The molecule has 0 radical (unpaired) electrons. The van der Waals surface area contributed by atoms with Crippen LogP contribution in [0.15, 0.2) is 42.9 Å². The van der Waals surface area contributed by atoms with Gasteiger partial charge < -0.3 is 14.5 Å². The van der Waals surface area contributed by atoms with Crippen LogP contribution in [0, 0.1) is 10.1 Å². The van der Waals surface area contributed by atoms with Gasteiger partial charge in [0.2, 0.25) is 0 Å². The van der Waals surface area contributed by atoms with Gasteiger partial charge in [-0.1, -0.05) is 30.3 Å². The van der Waals surface area contributed by atoms with Gasteiger partial charge in [0.15, 0.2) is 0 Å². The molecule has 22 heavy (non-hydrogen) atoms. The number of ether oxygens (including phenoxy) is 1. The third kappa shape index (κ3) is 4.89. The Hall–Kier alpha value is -2.90. The van der Waals surface area contributed by atoms with Crippen molar-refractivity contribution in [1.29, 1.82) is 0 Å². The molecule has 0 aliphatic carbocycles. The molecule has 1 heterocycles. The quantitative estimate of drug-likeness (QED) is 0.527. The van der Waals surface area contributed by atoms with E-state index in [2.05, 4.69) is 4.98 Å². The Kier molecular flexibility index (Phi) is 6.55. The number of benzene rings is 1. The number of esters is 1. The van der Waals surface area contributed by atoms with Crippen molar-refractivity contribution in [3.05, 3.63) is 64.2 Å². The van der Waals surface area contributed by atoms with Crippen molar-refractivity contribution in [1.82, 2.24) is 9.55 Å². The van der Waals surface area contributed by atoms with E-state index >= 15 is 0 Å². The van der Waals surface area contributed by atoms with Crippen LogP contribution < -0.4 is 0 Å². The van der Waals surface area contributed by atoms with Crippen LogP contribution in [0.4, 0.5) is 0 Å². The van der Waals surface area contributed by atoms with Crippen molar-refractivity contribution in [3.63, 3.8) is 0 Å². The van der Waals surface area contributed by atoms with Gasteiger partial charge in [-0.25, -0.2) is 9.78 Å². The van der Waals surface area contributed by atoms with Crippen LogP contribution in [0.5, 0.6) is 0 Å². The standard InChI is InChI=1S/C14H16N2O2.HNO3/c1-3-18-14(17)13-9-15-10-16(13)11(2)12-7-5-4-6-8-12;2-1(3)4/h4-11H,3H2,1-2H3;(H,2,3,4)/t11-;/m1./s1. The highest BCUT2D eigenvalue weighted by Crippen LogP contribution is 2.19. The SMILES string of the molecule is CCOC(=O)c1cncn1[C@H](C)c1ccccc1.O=[N+]([O-])O. The fourth-order valence-electron chi connectivity index (χ4n) is 1.87. The average molecular weight is 307 g/mol. The summed E-state index contributed by atoms with van der Waals surface area (Å²) in [6.45, 7) is 4.18. The van der Waals surface area contributed by atoms with E-state index in [0.717, 1.165) is 5.56 Å². The molecule has 1 atom stereocenters. The molecule has 8 nitrogen and oxygen atoms in total. The average Bonchev–Trinajstić information content (AvgIpc) is 2.96. The lowest BCUT2D eigenvalue weighted by atomic mass is 10.1. The molecule has 1 N–H and O–H groups in total. The summed E-state index contributed by atoms with van der Waals surface area (Å²) >= 11 is 0. The van der Waals surface area contributed by atoms with Gasteiger partial charge in [0.05, 0.1) is 25.2 Å². The molecule has 1 aromatic heterocycles. The normalized spacial score (nSPS) is 11.0. The number of hydrogen-bond donors (Lipinski definition) is 1. The second kappa shape index (κ2) is 8.40. The molecule has 0 amide bonds. The molecule has 0 saturated heterocycles. The summed E-state index contributed by atoms with van der Waals surface area (Å²) in [7, 11) is 0. The van der Waals surface area contributed by atoms with Crippen LogP contribution in [-0.4, -0.2) is 32.4 Å². The molecule has 0 unspecified atom stereocenters. The number of carbonyl (C=O) groups excluding carboxylic acids is 1. The summed E-state index contributed by atoms with van der Waals surface area (Å²) in [5.41, 5.74) is 1.61. The van der Waals surface area contributed by atoms with Crippen molar-refractivity contribution in [2.75, 3.05) is 6.61 Å². The van der Waals surface area contributed by atoms with Gasteiger partial charge in [-0.05, 0) is 19.4 Å². The maximum atomic E-state index is 11.8. The topological polar surface area (TPSA) is 107 Å². The molecular formula is C14H17N3O5. The summed E-state index contributed by atoms with van der Waals surface area (Å²) in [4.78, 5) is 24.2. The number of nitrogens with zero attached hydrogens (tertiary/aromatic N) is 3. The van der Waals surface area contributed by atoms with E-state index in [-0.39, 0.29) is 12.0 Å². The number of hydrogen-bond acceptors (Lipinski definition) is 5. The second-order valence-electron chi connectivity index (χ2n) is 4.23. The number of aromatic nitrogens is 2. The molecule has 0 bridgehead atoms. The lowest BCUT2D eigenvalue weighted by Crippen LogP contribution is -2.15. The second-order valence-corrected chi connectivity index (χ2v) is 4.23. The maximum Gasteiger partial charge on any atom is 0.356 e. The van der Waals surface area contributed by atoms with E-state index in [1.54, 1.807) is 13.3 Å². The molecule has 8 heteroatoms. The third-order valence-electron chi connectivity index (χ3n) is 2.85. The zero-order valence-electron chi connectivity index (χ0n) is 12.2. The van der Waals surface area contributed by atoms with E-state index in [1.165, 1.54) is 6.20 Å². The van der Waals surface area contributed by atoms with Crippen LogP contribution in [0.25, 0.3) is 0 Å². The number of carbonyl (C=O) groups is 1. The highest BCUT2D eigenvalue weighted by atomic mass is 16.9. The first-order valence-electron chi connectivity index (χ1n) is 6.54.